The second-order valence-electron chi connectivity index (χ2n) is 3.88. The fourth-order valence-corrected chi connectivity index (χ4v) is 2.52. The Bertz CT molecular complexity index is 353. The van der Waals surface area contributed by atoms with E-state index in [1.165, 1.54) is 5.56 Å². The van der Waals surface area contributed by atoms with Gasteiger partial charge in [0.1, 0.15) is 9.30 Å². The van der Waals surface area contributed by atoms with Crippen molar-refractivity contribution in [2.24, 2.45) is 0 Å². The van der Waals surface area contributed by atoms with E-state index in [9.17, 15) is 5.11 Å². The van der Waals surface area contributed by atoms with Crippen molar-refractivity contribution in [3.05, 3.63) is 27.1 Å². The molecule has 1 unspecified atom stereocenters. The normalized spacial score (nSPS) is 25.9. The largest absolute Gasteiger partial charge is 0.384 e. The highest BCUT2D eigenvalue weighted by molar-refractivity contribution is 14.1. The van der Waals surface area contributed by atoms with Crippen LogP contribution in [0, 0.1) is 3.70 Å². The molecule has 1 aromatic heterocycles. The van der Waals surface area contributed by atoms with Crippen LogP contribution in [-0.2, 0) is 12.0 Å². The smallest absolute Gasteiger partial charge is 0.107 e. The molecule has 14 heavy (non-hydrogen) atoms. The Balaban J connectivity index is 2.52. The van der Waals surface area contributed by atoms with Gasteiger partial charge in [-0.25, -0.2) is 4.98 Å². The van der Waals surface area contributed by atoms with Crippen LogP contribution in [0.15, 0.2) is 12.1 Å². The van der Waals surface area contributed by atoms with Crippen LogP contribution in [0.3, 0.4) is 0 Å². The Kier molecular flexibility index (Phi) is 2.79. The van der Waals surface area contributed by atoms with Crippen LogP contribution in [0.1, 0.15) is 37.4 Å². The van der Waals surface area contributed by atoms with Crippen LogP contribution in [0.5, 0.6) is 0 Å². The van der Waals surface area contributed by atoms with Gasteiger partial charge in [-0.1, -0.05) is 13.0 Å². The maximum absolute atomic E-state index is 10.4. The molecule has 1 aromatic rings. The number of hydrogen-bond donors (Lipinski definition) is 1. The van der Waals surface area contributed by atoms with E-state index < -0.39 is 5.60 Å². The molecular formula is C11H14INO. The maximum atomic E-state index is 10.4. The second kappa shape index (κ2) is 3.77. The van der Waals surface area contributed by atoms with Crippen LogP contribution in [0.2, 0.25) is 0 Å². The van der Waals surface area contributed by atoms with Crippen molar-refractivity contribution in [3.63, 3.8) is 0 Å². The highest BCUT2D eigenvalue weighted by atomic mass is 127. The molecule has 0 radical (unpaired) electrons. The number of aromatic nitrogens is 1. The first kappa shape index (κ1) is 10.4. The summed E-state index contributed by atoms with van der Waals surface area (Å²) < 4.78 is 0.968. The fraction of sp³-hybridized carbons (Fsp3) is 0.545. The molecule has 0 aliphatic heterocycles. The second-order valence-corrected chi connectivity index (χ2v) is 4.99. The molecule has 0 spiro atoms. The third-order valence-corrected chi connectivity index (χ3v) is 3.61. The first-order valence-electron chi connectivity index (χ1n) is 5.04. The van der Waals surface area contributed by atoms with Crippen molar-refractivity contribution in [3.8, 4) is 0 Å². The Morgan fingerprint density at radius 2 is 2.36 bits per heavy atom. The molecule has 1 heterocycles. The number of nitrogens with zero attached hydrogens (tertiary/aromatic N) is 1. The minimum atomic E-state index is -0.672. The van der Waals surface area contributed by atoms with E-state index in [1.54, 1.807) is 0 Å². The molecule has 0 aromatic carbocycles. The Labute approximate surface area is 97.9 Å². The highest BCUT2D eigenvalue weighted by Crippen LogP contribution is 2.36. The number of fused-ring (bicyclic) bond motifs is 1. The standard InChI is InChI=1S/C11H14INO/c1-2-11(14)7-3-4-8-5-6-9(12)13-10(8)11/h5-6,14H,2-4,7H2,1H3. The van der Waals surface area contributed by atoms with Crippen molar-refractivity contribution in [2.75, 3.05) is 0 Å². The Hall–Kier alpha value is -0.160. The van der Waals surface area contributed by atoms with E-state index in [0.717, 1.165) is 35.1 Å². The van der Waals surface area contributed by atoms with E-state index in [4.69, 9.17) is 0 Å². The Morgan fingerprint density at radius 3 is 3.07 bits per heavy atom. The summed E-state index contributed by atoms with van der Waals surface area (Å²) in [6, 6.07) is 4.12. The van der Waals surface area contributed by atoms with Gasteiger partial charge in [0.2, 0.25) is 0 Å². The molecule has 0 bridgehead atoms. The number of aryl methyl sites for hydroxylation is 1. The van der Waals surface area contributed by atoms with Gasteiger partial charge in [-0.05, 0) is 59.9 Å². The summed E-state index contributed by atoms with van der Waals surface area (Å²) in [7, 11) is 0. The minimum absolute atomic E-state index is 0.672. The van der Waals surface area contributed by atoms with Crippen LogP contribution < -0.4 is 0 Å². The highest BCUT2D eigenvalue weighted by Gasteiger charge is 2.34. The van der Waals surface area contributed by atoms with Gasteiger partial charge in [0.15, 0.2) is 0 Å². The summed E-state index contributed by atoms with van der Waals surface area (Å²) in [5.74, 6) is 0. The molecule has 1 aliphatic carbocycles. The van der Waals surface area contributed by atoms with Gasteiger partial charge in [0.05, 0.1) is 5.69 Å². The maximum Gasteiger partial charge on any atom is 0.107 e. The first-order chi connectivity index (χ1) is 6.65. The number of rotatable bonds is 1. The average molecular weight is 303 g/mol. The van der Waals surface area contributed by atoms with Crippen molar-refractivity contribution in [1.29, 1.82) is 0 Å². The molecule has 2 rings (SSSR count). The predicted octanol–water partition coefficient (Wildman–Crippen LogP) is 2.62. The van der Waals surface area contributed by atoms with Gasteiger partial charge in [-0.15, -0.1) is 0 Å². The molecule has 0 amide bonds. The molecule has 1 N–H and O–H groups in total. The summed E-state index contributed by atoms with van der Waals surface area (Å²) in [5.41, 5.74) is 1.47. The molecule has 0 saturated carbocycles. The van der Waals surface area contributed by atoms with Gasteiger partial charge >= 0.3 is 0 Å². The van der Waals surface area contributed by atoms with Crippen LogP contribution in [0.4, 0.5) is 0 Å². The summed E-state index contributed by atoms with van der Waals surface area (Å²) in [6.07, 6.45) is 3.73. The van der Waals surface area contributed by atoms with E-state index in [-0.39, 0.29) is 0 Å². The van der Waals surface area contributed by atoms with Crippen LogP contribution in [0.25, 0.3) is 0 Å². The lowest BCUT2D eigenvalue weighted by atomic mass is 9.81. The third kappa shape index (κ3) is 1.67. The molecule has 3 heteroatoms. The quantitative estimate of drug-likeness (QED) is 0.639. The van der Waals surface area contributed by atoms with E-state index in [0.29, 0.717) is 0 Å². The summed E-state index contributed by atoms with van der Waals surface area (Å²) >= 11 is 2.20. The lowest BCUT2D eigenvalue weighted by Crippen LogP contribution is -2.31. The average Bonchev–Trinajstić information content (AvgIpc) is 2.20. The fourth-order valence-electron chi connectivity index (χ4n) is 2.10. The number of hydrogen-bond acceptors (Lipinski definition) is 2. The van der Waals surface area contributed by atoms with Crippen LogP contribution in [-0.4, -0.2) is 10.1 Å². The zero-order chi connectivity index (χ0) is 10.2. The van der Waals surface area contributed by atoms with Gasteiger partial charge in [-0.2, -0.15) is 0 Å². The molecule has 1 atom stereocenters. The molecule has 0 fully saturated rings. The number of halogens is 1. The van der Waals surface area contributed by atoms with E-state index in [2.05, 4.69) is 33.6 Å². The van der Waals surface area contributed by atoms with Crippen molar-refractivity contribution < 1.29 is 5.11 Å². The van der Waals surface area contributed by atoms with Gasteiger partial charge in [-0.3, -0.25) is 0 Å². The Morgan fingerprint density at radius 1 is 1.57 bits per heavy atom. The SMILES string of the molecule is CCC1(O)CCCc2ccc(I)nc21. The van der Waals surface area contributed by atoms with E-state index >= 15 is 0 Å². The van der Waals surface area contributed by atoms with Gasteiger partial charge in [0, 0.05) is 0 Å². The molecule has 2 nitrogen and oxygen atoms in total. The van der Waals surface area contributed by atoms with E-state index in [1.807, 2.05) is 13.0 Å². The van der Waals surface area contributed by atoms with Gasteiger partial charge < -0.3 is 5.11 Å². The molecule has 1 aliphatic rings. The lowest BCUT2D eigenvalue weighted by Gasteiger charge is -2.32. The topological polar surface area (TPSA) is 33.1 Å². The third-order valence-electron chi connectivity index (χ3n) is 3.01. The van der Waals surface area contributed by atoms with Gasteiger partial charge in [0.25, 0.3) is 0 Å². The lowest BCUT2D eigenvalue weighted by molar-refractivity contribution is 0.0101. The molecular weight excluding hydrogens is 289 g/mol. The monoisotopic (exact) mass is 303 g/mol. The zero-order valence-corrected chi connectivity index (χ0v) is 10.4. The zero-order valence-electron chi connectivity index (χ0n) is 8.26. The predicted molar refractivity (Wildman–Crippen MR) is 64.1 cm³/mol. The minimum Gasteiger partial charge on any atom is -0.384 e. The summed E-state index contributed by atoms with van der Waals surface area (Å²) in [4.78, 5) is 4.47. The van der Waals surface area contributed by atoms with Crippen LogP contribution >= 0.6 is 22.6 Å². The molecule has 76 valence electrons. The first-order valence-corrected chi connectivity index (χ1v) is 6.12. The molecule has 0 saturated heterocycles. The van der Waals surface area contributed by atoms with Crippen molar-refractivity contribution in [2.45, 2.75) is 38.2 Å². The summed E-state index contributed by atoms with van der Waals surface area (Å²) in [6.45, 7) is 2.02. The van der Waals surface area contributed by atoms with Crippen molar-refractivity contribution in [1.82, 2.24) is 4.98 Å². The number of aliphatic hydroxyl groups is 1. The summed E-state index contributed by atoms with van der Waals surface area (Å²) in [5, 5.41) is 10.4. The van der Waals surface area contributed by atoms with Crippen molar-refractivity contribution >= 4 is 22.6 Å². The number of pyridine rings is 1.